The monoisotopic (exact) mass is 233 g/mol. The molecule has 0 aromatic heterocycles. The number of nitrogens with one attached hydrogen (secondary N) is 1. The molecule has 90 valence electrons. The highest BCUT2D eigenvalue weighted by Crippen LogP contribution is 2.15. The number of rotatable bonds is 7. The molecule has 0 aliphatic rings. The van der Waals surface area contributed by atoms with E-state index in [0.717, 1.165) is 12.3 Å². The van der Waals surface area contributed by atoms with E-state index in [1.807, 2.05) is 25.6 Å². The second kappa shape index (κ2) is 7.12. The van der Waals surface area contributed by atoms with E-state index >= 15 is 0 Å². The molecule has 0 amide bonds. The second-order valence-corrected chi connectivity index (χ2v) is 5.48. The van der Waals surface area contributed by atoms with Gasteiger partial charge in [0, 0.05) is 6.54 Å². The summed E-state index contributed by atoms with van der Waals surface area (Å²) >= 11 is 1.85. The molecule has 0 rings (SSSR count). The summed E-state index contributed by atoms with van der Waals surface area (Å²) in [6.07, 6.45) is 2.11. The predicted molar refractivity (Wildman–Crippen MR) is 66.2 cm³/mol. The molecule has 0 aliphatic heterocycles. The minimum absolute atomic E-state index is 0.160. The first-order chi connectivity index (χ1) is 6.94. The Morgan fingerprint density at radius 3 is 2.60 bits per heavy atom. The number of esters is 1. The molecule has 4 heteroatoms. The van der Waals surface area contributed by atoms with Crippen LogP contribution in [0.3, 0.4) is 0 Å². The molecule has 0 aliphatic carbocycles. The molecule has 0 heterocycles. The van der Waals surface area contributed by atoms with Crippen LogP contribution < -0.4 is 5.32 Å². The van der Waals surface area contributed by atoms with Crippen molar-refractivity contribution < 1.29 is 9.53 Å². The maximum absolute atomic E-state index is 11.4. The Balaban J connectivity index is 3.79. The largest absolute Gasteiger partial charge is 0.469 e. The highest BCUT2D eigenvalue weighted by atomic mass is 32.2. The number of thioether (sulfide) groups is 1. The van der Waals surface area contributed by atoms with E-state index in [1.54, 1.807) is 0 Å². The first-order valence-electron chi connectivity index (χ1n) is 5.22. The van der Waals surface area contributed by atoms with E-state index in [4.69, 9.17) is 4.74 Å². The first kappa shape index (κ1) is 14.8. The molecule has 0 saturated carbocycles. The van der Waals surface area contributed by atoms with Gasteiger partial charge in [0.25, 0.3) is 0 Å². The normalized spacial score (nSPS) is 13.7. The third kappa shape index (κ3) is 6.05. The molecule has 15 heavy (non-hydrogen) atoms. The Labute approximate surface area is 97.3 Å². The zero-order valence-corrected chi connectivity index (χ0v) is 11.2. The van der Waals surface area contributed by atoms with Gasteiger partial charge in [0.15, 0.2) is 0 Å². The molecule has 1 atom stereocenters. The summed E-state index contributed by atoms with van der Waals surface area (Å²) in [7, 11) is 1.43. The summed E-state index contributed by atoms with van der Waals surface area (Å²) in [6.45, 7) is 7.60. The number of carbonyl (C=O) groups is 1. The third-order valence-corrected chi connectivity index (χ3v) is 3.15. The average molecular weight is 233 g/mol. The Hall–Kier alpha value is -0.220. The van der Waals surface area contributed by atoms with Crippen LogP contribution in [-0.4, -0.2) is 38.2 Å². The molecule has 0 spiro atoms. The molecule has 3 nitrogen and oxygen atoms in total. The van der Waals surface area contributed by atoms with Gasteiger partial charge in [-0.05, 0) is 38.3 Å². The predicted octanol–water partition coefficient (Wildman–Crippen LogP) is 1.77. The second-order valence-electron chi connectivity index (χ2n) is 4.57. The molecular formula is C11H23NO2S. The zero-order chi connectivity index (χ0) is 11.9. The van der Waals surface area contributed by atoms with Crippen molar-refractivity contribution in [3.8, 4) is 0 Å². The van der Waals surface area contributed by atoms with Crippen LogP contribution in [0.1, 0.15) is 20.8 Å². The van der Waals surface area contributed by atoms with E-state index in [2.05, 4.69) is 18.5 Å². The lowest BCUT2D eigenvalue weighted by molar-refractivity contribution is -0.150. The molecule has 0 radical (unpaired) electrons. The van der Waals surface area contributed by atoms with Crippen molar-refractivity contribution in [2.24, 2.45) is 11.3 Å². The van der Waals surface area contributed by atoms with Crippen LogP contribution in [0.5, 0.6) is 0 Å². The number of carbonyl (C=O) groups excluding carboxylic acids is 1. The van der Waals surface area contributed by atoms with Crippen LogP contribution in [0.15, 0.2) is 0 Å². The van der Waals surface area contributed by atoms with Crippen molar-refractivity contribution in [3.05, 3.63) is 0 Å². The summed E-state index contributed by atoms with van der Waals surface area (Å²) in [5.41, 5.74) is -0.437. The van der Waals surface area contributed by atoms with Gasteiger partial charge in [-0.25, -0.2) is 0 Å². The Kier molecular flexibility index (Phi) is 7.02. The van der Waals surface area contributed by atoms with Gasteiger partial charge in [0.05, 0.1) is 12.5 Å². The van der Waals surface area contributed by atoms with Crippen LogP contribution in [0.25, 0.3) is 0 Å². The number of ether oxygens (including phenoxy) is 1. The zero-order valence-electron chi connectivity index (χ0n) is 10.4. The summed E-state index contributed by atoms with van der Waals surface area (Å²) in [5.74, 6) is 1.62. The van der Waals surface area contributed by atoms with Crippen LogP contribution in [0.4, 0.5) is 0 Å². The van der Waals surface area contributed by atoms with Gasteiger partial charge < -0.3 is 10.1 Å². The summed E-state index contributed by atoms with van der Waals surface area (Å²) < 4.78 is 4.74. The molecule has 0 aromatic carbocycles. The highest BCUT2D eigenvalue weighted by Gasteiger charge is 2.28. The Morgan fingerprint density at radius 2 is 2.13 bits per heavy atom. The molecule has 1 unspecified atom stereocenters. The molecule has 0 aromatic rings. The molecule has 1 N–H and O–H groups in total. The van der Waals surface area contributed by atoms with Gasteiger partial charge in [0.1, 0.15) is 0 Å². The van der Waals surface area contributed by atoms with E-state index in [9.17, 15) is 4.79 Å². The minimum atomic E-state index is -0.437. The van der Waals surface area contributed by atoms with Crippen LogP contribution in [0, 0.1) is 11.3 Å². The number of hydrogen-bond donors (Lipinski definition) is 1. The quantitative estimate of drug-likeness (QED) is 0.680. The van der Waals surface area contributed by atoms with Gasteiger partial charge in [-0.1, -0.05) is 6.92 Å². The summed E-state index contributed by atoms with van der Waals surface area (Å²) in [6, 6.07) is 0. The molecular weight excluding hydrogens is 210 g/mol. The lowest BCUT2D eigenvalue weighted by atomic mass is 9.93. The van der Waals surface area contributed by atoms with E-state index < -0.39 is 5.41 Å². The topological polar surface area (TPSA) is 38.3 Å². The maximum Gasteiger partial charge on any atom is 0.312 e. The lowest BCUT2D eigenvalue weighted by Gasteiger charge is -2.22. The Morgan fingerprint density at radius 1 is 1.53 bits per heavy atom. The van der Waals surface area contributed by atoms with Gasteiger partial charge in [0.2, 0.25) is 0 Å². The van der Waals surface area contributed by atoms with Crippen molar-refractivity contribution in [2.45, 2.75) is 20.8 Å². The number of hydrogen-bond acceptors (Lipinski definition) is 4. The van der Waals surface area contributed by atoms with E-state index in [1.165, 1.54) is 7.11 Å². The first-order valence-corrected chi connectivity index (χ1v) is 6.61. The van der Waals surface area contributed by atoms with Crippen molar-refractivity contribution in [3.63, 3.8) is 0 Å². The van der Waals surface area contributed by atoms with Gasteiger partial charge >= 0.3 is 5.97 Å². The maximum atomic E-state index is 11.4. The molecule has 0 saturated heterocycles. The SMILES string of the molecule is COC(=O)C(C)(C)CNCC(C)CSC. The lowest BCUT2D eigenvalue weighted by Crippen LogP contribution is -2.38. The van der Waals surface area contributed by atoms with Crippen molar-refractivity contribution in [2.75, 3.05) is 32.2 Å². The fourth-order valence-electron chi connectivity index (χ4n) is 1.32. The third-order valence-electron chi connectivity index (χ3n) is 2.25. The van der Waals surface area contributed by atoms with Crippen LogP contribution in [-0.2, 0) is 9.53 Å². The van der Waals surface area contributed by atoms with Gasteiger partial charge in [-0.3, -0.25) is 4.79 Å². The minimum Gasteiger partial charge on any atom is -0.469 e. The van der Waals surface area contributed by atoms with Crippen molar-refractivity contribution in [1.29, 1.82) is 0 Å². The highest BCUT2D eigenvalue weighted by molar-refractivity contribution is 7.98. The van der Waals surface area contributed by atoms with E-state index in [-0.39, 0.29) is 5.97 Å². The van der Waals surface area contributed by atoms with Gasteiger partial charge in [-0.2, -0.15) is 11.8 Å². The molecule has 0 bridgehead atoms. The van der Waals surface area contributed by atoms with Crippen LogP contribution in [0.2, 0.25) is 0 Å². The van der Waals surface area contributed by atoms with Crippen LogP contribution >= 0.6 is 11.8 Å². The van der Waals surface area contributed by atoms with Crippen molar-refractivity contribution in [1.82, 2.24) is 5.32 Å². The fraction of sp³-hybridized carbons (Fsp3) is 0.909. The summed E-state index contributed by atoms with van der Waals surface area (Å²) in [4.78, 5) is 11.4. The Bertz CT molecular complexity index is 195. The van der Waals surface area contributed by atoms with E-state index in [0.29, 0.717) is 12.5 Å². The summed E-state index contributed by atoms with van der Waals surface area (Å²) in [5, 5.41) is 3.31. The average Bonchev–Trinajstić information content (AvgIpc) is 2.16. The van der Waals surface area contributed by atoms with Crippen molar-refractivity contribution >= 4 is 17.7 Å². The smallest absolute Gasteiger partial charge is 0.312 e. The number of methoxy groups -OCH3 is 1. The fourth-order valence-corrected chi connectivity index (χ4v) is 2.01. The standard InChI is InChI=1S/C11H23NO2S/c1-9(7-15-5)6-12-8-11(2,3)10(13)14-4/h9,12H,6-8H2,1-5H3. The van der Waals surface area contributed by atoms with Gasteiger partial charge in [-0.15, -0.1) is 0 Å². The molecule has 0 fully saturated rings.